The number of halogens is 2. The van der Waals surface area contributed by atoms with Gasteiger partial charge in [0.25, 0.3) is 0 Å². The molecular formula is C10H8BrF. The number of rotatable bonds is 1. The molecule has 1 atom stereocenters. The van der Waals surface area contributed by atoms with Gasteiger partial charge in [0.05, 0.1) is 0 Å². The molecule has 0 fully saturated rings. The summed E-state index contributed by atoms with van der Waals surface area (Å²) in [4.78, 5) is 0. The van der Waals surface area contributed by atoms with Crippen molar-refractivity contribution in [3.05, 3.63) is 34.1 Å². The van der Waals surface area contributed by atoms with Crippen LogP contribution in [0.15, 0.2) is 22.7 Å². The molecule has 1 aromatic carbocycles. The molecule has 0 amide bonds. The number of hydrogen-bond acceptors (Lipinski definition) is 0. The molecule has 0 saturated carbocycles. The lowest BCUT2D eigenvalue weighted by Crippen LogP contribution is -1.95. The summed E-state index contributed by atoms with van der Waals surface area (Å²) in [5.41, 5.74) is 0.556. The van der Waals surface area contributed by atoms with Crippen molar-refractivity contribution >= 4 is 15.9 Å². The zero-order valence-corrected chi connectivity index (χ0v) is 8.23. The van der Waals surface area contributed by atoms with E-state index in [1.54, 1.807) is 19.1 Å². The molecule has 1 aromatic rings. The first-order chi connectivity index (χ1) is 5.66. The Morgan fingerprint density at radius 3 is 2.75 bits per heavy atom. The molecule has 0 nitrogen and oxygen atoms in total. The van der Waals surface area contributed by atoms with Gasteiger partial charge in [-0.15, -0.1) is 6.42 Å². The molecule has 0 aliphatic carbocycles. The Kier molecular flexibility index (Phi) is 2.88. The van der Waals surface area contributed by atoms with Gasteiger partial charge in [-0.25, -0.2) is 4.39 Å². The average molecular weight is 227 g/mol. The smallest absolute Gasteiger partial charge is 0.128 e. The minimum Gasteiger partial charge on any atom is -0.207 e. The predicted molar refractivity (Wildman–Crippen MR) is 51.3 cm³/mol. The van der Waals surface area contributed by atoms with Gasteiger partial charge in [-0.2, -0.15) is 0 Å². The van der Waals surface area contributed by atoms with Gasteiger partial charge >= 0.3 is 0 Å². The molecule has 0 aliphatic rings. The molecule has 2 heteroatoms. The Balaban J connectivity index is 3.23. The third kappa shape index (κ3) is 1.67. The maximum atomic E-state index is 13.2. The van der Waals surface area contributed by atoms with Gasteiger partial charge in [-0.3, -0.25) is 0 Å². The zero-order valence-electron chi connectivity index (χ0n) is 6.64. The summed E-state index contributed by atoms with van der Waals surface area (Å²) in [5, 5.41) is 0. The molecule has 0 radical (unpaired) electrons. The van der Waals surface area contributed by atoms with E-state index in [0.717, 1.165) is 4.47 Å². The normalized spacial score (nSPS) is 12.2. The summed E-state index contributed by atoms with van der Waals surface area (Å²) >= 11 is 3.25. The van der Waals surface area contributed by atoms with E-state index in [1.165, 1.54) is 6.07 Å². The quantitative estimate of drug-likeness (QED) is 0.645. The van der Waals surface area contributed by atoms with E-state index < -0.39 is 0 Å². The first kappa shape index (κ1) is 9.28. The van der Waals surface area contributed by atoms with Crippen LogP contribution in [-0.2, 0) is 0 Å². The van der Waals surface area contributed by atoms with E-state index in [0.29, 0.717) is 5.56 Å². The molecule has 0 heterocycles. The maximum Gasteiger partial charge on any atom is 0.128 e. The second-order valence-electron chi connectivity index (χ2n) is 2.52. The van der Waals surface area contributed by atoms with Crippen LogP contribution in [0.25, 0.3) is 0 Å². The fourth-order valence-electron chi connectivity index (χ4n) is 1.01. The minimum absolute atomic E-state index is 0.194. The van der Waals surface area contributed by atoms with Crippen molar-refractivity contribution in [3.8, 4) is 12.3 Å². The molecule has 0 N–H and O–H groups in total. The topological polar surface area (TPSA) is 0 Å². The van der Waals surface area contributed by atoms with E-state index in [4.69, 9.17) is 6.42 Å². The van der Waals surface area contributed by atoms with Gasteiger partial charge in [0.15, 0.2) is 0 Å². The standard InChI is InChI=1S/C10H8BrF/c1-3-7(2)10-8(11)5-4-6-9(10)12/h1,4-7H,2H3. The van der Waals surface area contributed by atoms with Gasteiger partial charge in [0, 0.05) is 16.0 Å². The van der Waals surface area contributed by atoms with E-state index in [2.05, 4.69) is 21.9 Å². The summed E-state index contributed by atoms with van der Waals surface area (Å²) in [6, 6.07) is 4.84. The molecule has 0 aromatic heterocycles. The van der Waals surface area contributed by atoms with Crippen molar-refractivity contribution in [3.63, 3.8) is 0 Å². The van der Waals surface area contributed by atoms with Crippen LogP contribution in [0.3, 0.4) is 0 Å². The third-order valence-electron chi connectivity index (χ3n) is 1.68. The third-order valence-corrected chi connectivity index (χ3v) is 2.37. The maximum absolute atomic E-state index is 13.2. The lowest BCUT2D eigenvalue weighted by Gasteiger charge is -2.07. The Morgan fingerprint density at radius 1 is 1.58 bits per heavy atom. The summed E-state index contributed by atoms with van der Waals surface area (Å²) in [5.74, 6) is 2.04. The monoisotopic (exact) mass is 226 g/mol. The van der Waals surface area contributed by atoms with Gasteiger partial charge in [-0.05, 0) is 19.1 Å². The van der Waals surface area contributed by atoms with Gasteiger partial charge < -0.3 is 0 Å². The molecule has 62 valence electrons. The Labute approximate surface area is 79.9 Å². The Hall–Kier alpha value is -0.810. The predicted octanol–water partition coefficient (Wildman–Crippen LogP) is 3.32. The van der Waals surface area contributed by atoms with Crippen molar-refractivity contribution in [1.82, 2.24) is 0 Å². The Morgan fingerprint density at radius 2 is 2.25 bits per heavy atom. The Bertz CT molecular complexity index is 305. The molecule has 0 spiro atoms. The molecular weight excluding hydrogens is 219 g/mol. The van der Waals surface area contributed by atoms with Crippen molar-refractivity contribution in [2.24, 2.45) is 0 Å². The van der Waals surface area contributed by atoms with E-state index in [1.807, 2.05) is 0 Å². The number of benzene rings is 1. The first-order valence-electron chi connectivity index (χ1n) is 3.57. The largest absolute Gasteiger partial charge is 0.207 e. The van der Waals surface area contributed by atoms with Crippen molar-refractivity contribution < 1.29 is 4.39 Å². The van der Waals surface area contributed by atoms with Crippen molar-refractivity contribution in [1.29, 1.82) is 0 Å². The van der Waals surface area contributed by atoms with E-state index >= 15 is 0 Å². The highest BCUT2D eigenvalue weighted by Crippen LogP contribution is 2.26. The van der Waals surface area contributed by atoms with Crippen molar-refractivity contribution in [2.75, 3.05) is 0 Å². The lowest BCUT2D eigenvalue weighted by atomic mass is 10.0. The van der Waals surface area contributed by atoms with Crippen LogP contribution in [0.2, 0.25) is 0 Å². The summed E-state index contributed by atoms with van der Waals surface area (Å²) in [7, 11) is 0. The van der Waals surface area contributed by atoms with Gasteiger partial charge in [0.2, 0.25) is 0 Å². The van der Waals surface area contributed by atoms with E-state index in [9.17, 15) is 4.39 Å². The zero-order chi connectivity index (χ0) is 9.14. The fraction of sp³-hybridized carbons (Fsp3) is 0.200. The minimum atomic E-state index is -0.255. The fourth-order valence-corrected chi connectivity index (χ4v) is 1.69. The molecule has 12 heavy (non-hydrogen) atoms. The first-order valence-corrected chi connectivity index (χ1v) is 4.36. The molecule has 0 aliphatic heterocycles. The van der Waals surface area contributed by atoms with E-state index in [-0.39, 0.29) is 11.7 Å². The van der Waals surface area contributed by atoms with Crippen LogP contribution >= 0.6 is 15.9 Å². The van der Waals surface area contributed by atoms with Crippen LogP contribution in [0.4, 0.5) is 4.39 Å². The van der Waals surface area contributed by atoms with Crippen LogP contribution < -0.4 is 0 Å². The summed E-state index contributed by atoms with van der Waals surface area (Å²) in [6.07, 6.45) is 5.20. The van der Waals surface area contributed by atoms with Crippen LogP contribution in [0.1, 0.15) is 18.4 Å². The SMILES string of the molecule is C#CC(C)c1c(F)cccc1Br. The van der Waals surface area contributed by atoms with Gasteiger partial charge in [-0.1, -0.05) is 27.9 Å². The highest BCUT2D eigenvalue weighted by Gasteiger charge is 2.11. The van der Waals surface area contributed by atoms with Crippen molar-refractivity contribution in [2.45, 2.75) is 12.8 Å². The highest BCUT2D eigenvalue weighted by atomic mass is 79.9. The van der Waals surface area contributed by atoms with Crippen LogP contribution in [0.5, 0.6) is 0 Å². The van der Waals surface area contributed by atoms with Gasteiger partial charge in [0.1, 0.15) is 5.82 Å². The lowest BCUT2D eigenvalue weighted by molar-refractivity contribution is 0.605. The van der Waals surface area contributed by atoms with Crippen LogP contribution in [0, 0.1) is 18.2 Å². The number of terminal acetylenes is 1. The molecule has 1 rings (SSSR count). The molecule has 1 unspecified atom stereocenters. The second kappa shape index (κ2) is 3.73. The summed E-state index contributed by atoms with van der Waals surface area (Å²) < 4.78 is 13.9. The van der Waals surface area contributed by atoms with Crippen LogP contribution in [-0.4, -0.2) is 0 Å². The summed E-state index contributed by atoms with van der Waals surface area (Å²) in [6.45, 7) is 1.79. The molecule has 0 saturated heterocycles. The second-order valence-corrected chi connectivity index (χ2v) is 3.38. The molecule has 0 bridgehead atoms. The highest BCUT2D eigenvalue weighted by molar-refractivity contribution is 9.10. The number of hydrogen-bond donors (Lipinski definition) is 0. The average Bonchev–Trinajstić information content (AvgIpc) is 2.03.